The Morgan fingerprint density at radius 2 is 2.00 bits per heavy atom. The van der Waals surface area contributed by atoms with Gasteiger partial charge in [-0.25, -0.2) is 5.43 Å². The van der Waals surface area contributed by atoms with Gasteiger partial charge in [0.2, 0.25) is 5.91 Å². The van der Waals surface area contributed by atoms with E-state index >= 15 is 0 Å². The highest BCUT2D eigenvalue weighted by atomic mass is 16.5. The summed E-state index contributed by atoms with van der Waals surface area (Å²) in [4.78, 5) is 11.4. The first kappa shape index (κ1) is 12.5. The normalized spacial score (nSPS) is 10.0. The van der Waals surface area contributed by atoms with Crippen LogP contribution < -0.4 is 15.6 Å². The van der Waals surface area contributed by atoms with Gasteiger partial charge in [0.25, 0.3) is 0 Å². The number of hydrogen-bond donors (Lipinski definition) is 2. The second kappa shape index (κ2) is 5.51. The molecule has 1 rings (SSSR count). The summed E-state index contributed by atoms with van der Waals surface area (Å²) in [5.74, 6) is 0.811. The van der Waals surface area contributed by atoms with E-state index in [4.69, 9.17) is 4.74 Å². The average molecular weight is 222 g/mol. The molecule has 1 amide bonds. The van der Waals surface area contributed by atoms with E-state index in [2.05, 4.69) is 10.9 Å². The first-order valence-electron chi connectivity index (χ1n) is 5.18. The standard InChI is InChI=1S/C12H18N2O2/c1-8-9(2)11(16-4)6-5-10(8)7-12(15)14-13-3/h5-6,13H,7H2,1-4H3,(H,14,15). The van der Waals surface area contributed by atoms with E-state index in [9.17, 15) is 4.79 Å². The van der Waals surface area contributed by atoms with Gasteiger partial charge in [-0.1, -0.05) is 6.07 Å². The number of nitrogens with one attached hydrogen (secondary N) is 2. The van der Waals surface area contributed by atoms with Crippen molar-refractivity contribution in [3.05, 3.63) is 28.8 Å². The van der Waals surface area contributed by atoms with E-state index in [1.165, 1.54) is 0 Å². The molecule has 1 aromatic rings. The summed E-state index contributed by atoms with van der Waals surface area (Å²) in [6.45, 7) is 3.99. The van der Waals surface area contributed by atoms with Gasteiger partial charge in [0, 0.05) is 7.05 Å². The van der Waals surface area contributed by atoms with Crippen molar-refractivity contribution in [3.63, 3.8) is 0 Å². The van der Waals surface area contributed by atoms with Crippen LogP contribution in [-0.4, -0.2) is 20.1 Å². The minimum atomic E-state index is -0.0461. The molecule has 0 unspecified atom stereocenters. The zero-order valence-electron chi connectivity index (χ0n) is 10.2. The molecule has 0 aliphatic heterocycles. The second-order valence-corrected chi connectivity index (χ2v) is 3.65. The molecule has 4 nitrogen and oxygen atoms in total. The summed E-state index contributed by atoms with van der Waals surface area (Å²) in [6, 6.07) is 3.82. The van der Waals surface area contributed by atoms with Gasteiger partial charge < -0.3 is 4.74 Å². The molecular formula is C12H18N2O2. The zero-order chi connectivity index (χ0) is 12.1. The Balaban J connectivity index is 2.90. The Morgan fingerprint density at radius 1 is 1.31 bits per heavy atom. The fourth-order valence-corrected chi connectivity index (χ4v) is 1.62. The van der Waals surface area contributed by atoms with Crippen LogP contribution in [0.25, 0.3) is 0 Å². The largest absolute Gasteiger partial charge is 0.496 e. The Hall–Kier alpha value is -1.55. The fraction of sp³-hybridized carbons (Fsp3) is 0.417. The van der Waals surface area contributed by atoms with Gasteiger partial charge >= 0.3 is 0 Å². The van der Waals surface area contributed by atoms with Crippen molar-refractivity contribution in [3.8, 4) is 5.75 Å². The van der Waals surface area contributed by atoms with Crippen LogP contribution in [0, 0.1) is 13.8 Å². The van der Waals surface area contributed by atoms with Crippen molar-refractivity contribution in [1.29, 1.82) is 0 Å². The van der Waals surface area contributed by atoms with Crippen molar-refractivity contribution in [2.75, 3.05) is 14.2 Å². The number of ether oxygens (including phenoxy) is 1. The summed E-state index contributed by atoms with van der Waals surface area (Å²) in [7, 11) is 3.32. The van der Waals surface area contributed by atoms with E-state index in [-0.39, 0.29) is 5.91 Å². The van der Waals surface area contributed by atoms with E-state index in [0.717, 1.165) is 22.4 Å². The number of carbonyl (C=O) groups excluding carboxylic acids is 1. The van der Waals surface area contributed by atoms with Crippen LogP contribution in [0.2, 0.25) is 0 Å². The van der Waals surface area contributed by atoms with Gasteiger partial charge in [-0.15, -0.1) is 0 Å². The lowest BCUT2D eigenvalue weighted by molar-refractivity contribution is -0.121. The molecule has 0 aromatic heterocycles. The minimum absolute atomic E-state index is 0.0461. The van der Waals surface area contributed by atoms with Gasteiger partial charge in [0.05, 0.1) is 13.5 Å². The summed E-state index contributed by atoms with van der Waals surface area (Å²) in [5.41, 5.74) is 8.37. The molecule has 0 fully saturated rings. The van der Waals surface area contributed by atoms with Gasteiger partial charge in [-0.2, -0.15) is 0 Å². The lowest BCUT2D eigenvalue weighted by atomic mass is 10.00. The maximum atomic E-state index is 11.4. The molecule has 0 saturated carbocycles. The molecule has 0 aliphatic carbocycles. The molecule has 0 heterocycles. The number of rotatable bonds is 4. The smallest absolute Gasteiger partial charge is 0.238 e. The maximum Gasteiger partial charge on any atom is 0.238 e. The predicted octanol–water partition coefficient (Wildman–Crippen LogP) is 1.11. The summed E-state index contributed by atoms with van der Waals surface area (Å²) >= 11 is 0. The number of methoxy groups -OCH3 is 1. The molecule has 4 heteroatoms. The molecule has 88 valence electrons. The third-order valence-corrected chi connectivity index (χ3v) is 2.69. The molecule has 16 heavy (non-hydrogen) atoms. The summed E-state index contributed by atoms with van der Waals surface area (Å²) < 4.78 is 5.22. The molecule has 0 spiro atoms. The zero-order valence-corrected chi connectivity index (χ0v) is 10.2. The number of benzene rings is 1. The lowest BCUT2D eigenvalue weighted by Crippen LogP contribution is -2.35. The molecular weight excluding hydrogens is 204 g/mol. The van der Waals surface area contributed by atoms with E-state index in [1.807, 2.05) is 26.0 Å². The van der Waals surface area contributed by atoms with E-state index in [0.29, 0.717) is 6.42 Å². The summed E-state index contributed by atoms with van der Waals surface area (Å²) in [6.07, 6.45) is 0.373. The molecule has 0 atom stereocenters. The van der Waals surface area contributed by atoms with Crippen molar-refractivity contribution >= 4 is 5.91 Å². The topological polar surface area (TPSA) is 50.4 Å². The van der Waals surface area contributed by atoms with Crippen molar-refractivity contribution in [1.82, 2.24) is 10.9 Å². The van der Waals surface area contributed by atoms with Crippen molar-refractivity contribution in [2.24, 2.45) is 0 Å². The quantitative estimate of drug-likeness (QED) is 0.750. The molecule has 0 aliphatic rings. The van der Waals surface area contributed by atoms with Crippen molar-refractivity contribution < 1.29 is 9.53 Å². The number of amides is 1. The third kappa shape index (κ3) is 2.73. The Labute approximate surface area is 96.0 Å². The highest BCUT2D eigenvalue weighted by Crippen LogP contribution is 2.24. The number of carbonyl (C=O) groups is 1. The third-order valence-electron chi connectivity index (χ3n) is 2.69. The monoisotopic (exact) mass is 222 g/mol. The van der Waals surface area contributed by atoms with Crippen LogP contribution in [0.3, 0.4) is 0 Å². The molecule has 0 bridgehead atoms. The van der Waals surface area contributed by atoms with Crippen LogP contribution in [0.5, 0.6) is 5.75 Å². The lowest BCUT2D eigenvalue weighted by Gasteiger charge is -2.12. The molecule has 2 N–H and O–H groups in total. The Bertz CT molecular complexity index is 389. The average Bonchev–Trinajstić information content (AvgIpc) is 2.25. The molecule has 0 saturated heterocycles. The van der Waals surface area contributed by atoms with E-state index < -0.39 is 0 Å². The first-order valence-corrected chi connectivity index (χ1v) is 5.18. The van der Waals surface area contributed by atoms with Crippen LogP contribution >= 0.6 is 0 Å². The van der Waals surface area contributed by atoms with Crippen LogP contribution in [0.15, 0.2) is 12.1 Å². The second-order valence-electron chi connectivity index (χ2n) is 3.65. The highest BCUT2D eigenvalue weighted by Gasteiger charge is 2.09. The number of hydrazine groups is 1. The predicted molar refractivity (Wildman–Crippen MR) is 63.4 cm³/mol. The molecule has 0 radical (unpaired) electrons. The SMILES string of the molecule is CNNC(=O)Cc1ccc(OC)c(C)c1C. The van der Waals surface area contributed by atoms with Crippen LogP contribution in [0.4, 0.5) is 0 Å². The fourth-order valence-electron chi connectivity index (χ4n) is 1.62. The Morgan fingerprint density at radius 3 is 2.56 bits per heavy atom. The van der Waals surface area contributed by atoms with Crippen LogP contribution in [-0.2, 0) is 11.2 Å². The molecule has 1 aromatic carbocycles. The minimum Gasteiger partial charge on any atom is -0.496 e. The summed E-state index contributed by atoms with van der Waals surface area (Å²) in [5, 5.41) is 0. The highest BCUT2D eigenvalue weighted by molar-refractivity contribution is 5.78. The maximum absolute atomic E-state index is 11.4. The van der Waals surface area contributed by atoms with Gasteiger partial charge in [0.1, 0.15) is 5.75 Å². The van der Waals surface area contributed by atoms with Gasteiger partial charge in [-0.3, -0.25) is 10.2 Å². The van der Waals surface area contributed by atoms with Crippen molar-refractivity contribution in [2.45, 2.75) is 20.3 Å². The van der Waals surface area contributed by atoms with Crippen LogP contribution in [0.1, 0.15) is 16.7 Å². The van der Waals surface area contributed by atoms with E-state index in [1.54, 1.807) is 14.2 Å². The van der Waals surface area contributed by atoms with Gasteiger partial charge in [0.15, 0.2) is 0 Å². The Kier molecular flexibility index (Phi) is 4.31. The number of hydrogen-bond acceptors (Lipinski definition) is 3. The first-order chi connectivity index (χ1) is 7.60. The van der Waals surface area contributed by atoms with Gasteiger partial charge in [-0.05, 0) is 36.6 Å².